The first kappa shape index (κ1) is 9.97. The molecule has 0 saturated heterocycles. The van der Waals surface area contributed by atoms with Crippen LogP contribution in [-0.2, 0) is 9.53 Å². The van der Waals surface area contributed by atoms with Gasteiger partial charge in [0, 0.05) is 6.04 Å². The van der Waals surface area contributed by atoms with Crippen molar-refractivity contribution in [2.24, 2.45) is 17.6 Å². The van der Waals surface area contributed by atoms with Crippen molar-refractivity contribution in [3.05, 3.63) is 0 Å². The molecule has 2 aliphatic carbocycles. The summed E-state index contributed by atoms with van der Waals surface area (Å²) in [5, 5.41) is 0. The Balaban J connectivity index is 1.71. The van der Waals surface area contributed by atoms with Gasteiger partial charge in [0.1, 0.15) is 0 Å². The highest BCUT2D eigenvalue weighted by Crippen LogP contribution is 2.30. The zero-order chi connectivity index (χ0) is 9.97. The SMILES string of the molecule is NC1CCCC(C(=O)OCC2CC2)C1. The predicted molar refractivity (Wildman–Crippen MR) is 53.6 cm³/mol. The lowest BCUT2D eigenvalue weighted by atomic mass is 9.86. The Morgan fingerprint density at radius 3 is 2.71 bits per heavy atom. The Hall–Kier alpha value is -0.570. The largest absolute Gasteiger partial charge is 0.465 e. The van der Waals surface area contributed by atoms with Crippen LogP contribution in [0.3, 0.4) is 0 Å². The molecule has 0 aliphatic heterocycles. The first-order valence-electron chi connectivity index (χ1n) is 5.68. The summed E-state index contributed by atoms with van der Waals surface area (Å²) in [6.45, 7) is 0.643. The minimum absolute atomic E-state index is 0.00736. The second-order valence-electron chi connectivity index (χ2n) is 4.70. The quantitative estimate of drug-likeness (QED) is 0.697. The summed E-state index contributed by atoms with van der Waals surface area (Å²) in [7, 11) is 0. The highest BCUT2D eigenvalue weighted by Gasteiger charge is 2.29. The van der Waals surface area contributed by atoms with Crippen LogP contribution in [0.5, 0.6) is 0 Å². The van der Waals surface area contributed by atoms with Gasteiger partial charge in [0.2, 0.25) is 0 Å². The van der Waals surface area contributed by atoms with Crippen molar-refractivity contribution in [1.29, 1.82) is 0 Å². The fourth-order valence-electron chi connectivity index (χ4n) is 2.04. The molecule has 0 spiro atoms. The van der Waals surface area contributed by atoms with E-state index in [9.17, 15) is 4.79 Å². The maximum absolute atomic E-state index is 11.6. The van der Waals surface area contributed by atoms with Crippen LogP contribution in [0.1, 0.15) is 38.5 Å². The van der Waals surface area contributed by atoms with E-state index in [1.165, 1.54) is 12.8 Å². The molecule has 3 nitrogen and oxygen atoms in total. The molecular weight excluding hydrogens is 178 g/mol. The highest BCUT2D eigenvalue weighted by atomic mass is 16.5. The van der Waals surface area contributed by atoms with Gasteiger partial charge in [0.15, 0.2) is 0 Å². The third-order valence-electron chi connectivity index (χ3n) is 3.21. The van der Waals surface area contributed by atoms with Gasteiger partial charge >= 0.3 is 5.97 Å². The fourth-order valence-corrected chi connectivity index (χ4v) is 2.04. The van der Waals surface area contributed by atoms with Crippen LogP contribution in [-0.4, -0.2) is 18.6 Å². The zero-order valence-corrected chi connectivity index (χ0v) is 8.58. The van der Waals surface area contributed by atoms with Gasteiger partial charge in [-0.25, -0.2) is 0 Å². The van der Waals surface area contributed by atoms with E-state index in [-0.39, 0.29) is 17.9 Å². The van der Waals surface area contributed by atoms with Crippen molar-refractivity contribution in [3.63, 3.8) is 0 Å². The molecule has 0 bridgehead atoms. The lowest BCUT2D eigenvalue weighted by Crippen LogP contribution is -2.32. The van der Waals surface area contributed by atoms with Gasteiger partial charge in [-0.05, 0) is 38.0 Å². The third-order valence-corrected chi connectivity index (χ3v) is 3.21. The molecule has 80 valence electrons. The lowest BCUT2D eigenvalue weighted by Gasteiger charge is -2.24. The first-order valence-corrected chi connectivity index (χ1v) is 5.68. The van der Waals surface area contributed by atoms with Crippen LogP contribution < -0.4 is 5.73 Å². The van der Waals surface area contributed by atoms with E-state index in [0.29, 0.717) is 12.5 Å². The second kappa shape index (κ2) is 4.30. The zero-order valence-electron chi connectivity index (χ0n) is 8.58. The number of ether oxygens (including phenoxy) is 1. The molecular formula is C11H19NO2. The molecule has 0 heterocycles. The summed E-state index contributed by atoms with van der Waals surface area (Å²) >= 11 is 0. The third kappa shape index (κ3) is 2.71. The average molecular weight is 197 g/mol. The van der Waals surface area contributed by atoms with Crippen molar-refractivity contribution in [2.75, 3.05) is 6.61 Å². The smallest absolute Gasteiger partial charge is 0.308 e. The van der Waals surface area contributed by atoms with E-state index in [2.05, 4.69) is 0 Å². The number of esters is 1. The molecule has 2 rings (SSSR count). The van der Waals surface area contributed by atoms with Gasteiger partial charge in [-0.2, -0.15) is 0 Å². The Morgan fingerprint density at radius 1 is 1.29 bits per heavy atom. The minimum atomic E-state index is -0.00736. The van der Waals surface area contributed by atoms with Crippen LogP contribution in [0.4, 0.5) is 0 Å². The molecule has 0 aromatic heterocycles. The molecule has 2 N–H and O–H groups in total. The maximum Gasteiger partial charge on any atom is 0.308 e. The molecule has 0 aromatic carbocycles. The van der Waals surface area contributed by atoms with Crippen molar-refractivity contribution < 1.29 is 9.53 Å². The molecule has 0 aromatic rings. The van der Waals surface area contributed by atoms with E-state index in [1.807, 2.05) is 0 Å². The standard InChI is InChI=1S/C11H19NO2/c12-10-3-1-2-9(6-10)11(13)14-7-8-4-5-8/h8-10H,1-7,12H2. The van der Waals surface area contributed by atoms with E-state index >= 15 is 0 Å². The number of carbonyl (C=O) groups is 1. The fraction of sp³-hybridized carbons (Fsp3) is 0.909. The van der Waals surface area contributed by atoms with E-state index in [4.69, 9.17) is 10.5 Å². The normalized spacial score (nSPS) is 32.6. The number of hydrogen-bond acceptors (Lipinski definition) is 3. The van der Waals surface area contributed by atoms with Crippen LogP contribution in [0, 0.1) is 11.8 Å². The number of nitrogens with two attached hydrogens (primary N) is 1. The number of hydrogen-bond donors (Lipinski definition) is 1. The van der Waals surface area contributed by atoms with Gasteiger partial charge in [-0.1, -0.05) is 6.42 Å². The van der Waals surface area contributed by atoms with Crippen molar-refractivity contribution in [3.8, 4) is 0 Å². The highest BCUT2D eigenvalue weighted by molar-refractivity contribution is 5.72. The molecule has 2 saturated carbocycles. The number of rotatable bonds is 3. The summed E-state index contributed by atoms with van der Waals surface area (Å²) in [5.74, 6) is 0.737. The van der Waals surface area contributed by atoms with Crippen LogP contribution in [0.15, 0.2) is 0 Å². The molecule has 2 unspecified atom stereocenters. The van der Waals surface area contributed by atoms with Gasteiger partial charge in [-0.15, -0.1) is 0 Å². The molecule has 2 aliphatic rings. The average Bonchev–Trinajstić information content (AvgIpc) is 2.97. The Kier molecular flexibility index (Phi) is 3.06. The monoisotopic (exact) mass is 197 g/mol. The summed E-state index contributed by atoms with van der Waals surface area (Å²) in [5.41, 5.74) is 5.82. The van der Waals surface area contributed by atoms with Gasteiger partial charge < -0.3 is 10.5 Å². The van der Waals surface area contributed by atoms with E-state index in [0.717, 1.165) is 25.7 Å². The summed E-state index contributed by atoms with van der Waals surface area (Å²) in [6, 6.07) is 0.210. The minimum Gasteiger partial charge on any atom is -0.465 e. The topological polar surface area (TPSA) is 52.3 Å². The first-order chi connectivity index (χ1) is 6.75. The Labute approximate surface area is 85.0 Å². The summed E-state index contributed by atoms with van der Waals surface area (Å²) < 4.78 is 5.26. The summed E-state index contributed by atoms with van der Waals surface area (Å²) in [4.78, 5) is 11.6. The van der Waals surface area contributed by atoms with Gasteiger partial charge in [0.25, 0.3) is 0 Å². The molecule has 2 fully saturated rings. The molecule has 2 atom stereocenters. The molecule has 3 heteroatoms. The predicted octanol–water partition coefficient (Wildman–Crippen LogP) is 1.46. The molecule has 0 radical (unpaired) electrons. The van der Waals surface area contributed by atoms with Gasteiger partial charge in [-0.3, -0.25) is 4.79 Å². The van der Waals surface area contributed by atoms with Gasteiger partial charge in [0.05, 0.1) is 12.5 Å². The second-order valence-corrected chi connectivity index (χ2v) is 4.70. The lowest BCUT2D eigenvalue weighted by molar-refractivity contribution is -0.150. The van der Waals surface area contributed by atoms with Crippen LogP contribution in [0.2, 0.25) is 0 Å². The van der Waals surface area contributed by atoms with Crippen molar-refractivity contribution >= 4 is 5.97 Å². The Morgan fingerprint density at radius 2 is 2.07 bits per heavy atom. The van der Waals surface area contributed by atoms with Crippen LogP contribution in [0.25, 0.3) is 0 Å². The van der Waals surface area contributed by atoms with Crippen molar-refractivity contribution in [1.82, 2.24) is 0 Å². The maximum atomic E-state index is 11.6. The molecule has 14 heavy (non-hydrogen) atoms. The van der Waals surface area contributed by atoms with E-state index in [1.54, 1.807) is 0 Å². The Bertz CT molecular complexity index is 213. The number of carbonyl (C=O) groups excluding carboxylic acids is 1. The van der Waals surface area contributed by atoms with Crippen molar-refractivity contribution in [2.45, 2.75) is 44.6 Å². The summed E-state index contributed by atoms with van der Waals surface area (Å²) in [6.07, 6.45) is 6.40. The van der Waals surface area contributed by atoms with E-state index < -0.39 is 0 Å². The molecule has 0 amide bonds. The van der Waals surface area contributed by atoms with Crippen LogP contribution >= 0.6 is 0 Å².